The van der Waals surface area contributed by atoms with E-state index in [1.54, 1.807) is 23.2 Å². The summed E-state index contributed by atoms with van der Waals surface area (Å²) in [6, 6.07) is 4.75. The minimum absolute atomic E-state index is 0.358. The van der Waals surface area contributed by atoms with Gasteiger partial charge < -0.3 is 14.8 Å². The summed E-state index contributed by atoms with van der Waals surface area (Å²) in [6.07, 6.45) is 0.673. The van der Waals surface area contributed by atoms with Crippen molar-refractivity contribution in [3.8, 4) is 11.5 Å². The summed E-state index contributed by atoms with van der Waals surface area (Å²) < 4.78 is 24.1. The van der Waals surface area contributed by atoms with Crippen LogP contribution in [0, 0.1) is 5.82 Å². The summed E-state index contributed by atoms with van der Waals surface area (Å²) in [4.78, 5) is 36.2. The van der Waals surface area contributed by atoms with Crippen LogP contribution in [-0.4, -0.2) is 29.7 Å². The average molecular weight is 323 g/mol. The fraction of sp³-hybridized carbons (Fsp3) is 0.214. The smallest absolute Gasteiger partial charge is 0.328 e. The fourth-order valence-electron chi connectivity index (χ4n) is 1.85. The van der Waals surface area contributed by atoms with Crippen molar-refractivity contribution in [3.63, 3.8) is 0 Å². The van der Waals surface area contributed by atoms with Gasteiger partial charge in [0.2, 0.25) is 11.7 Å². The van der Waals surface area contributed by atoms with E-state index in [1.807, 2.05) is 0 Å². The van der Waals surface area contributed by atoms with Gasteiger partial charge in [0.05, 0.1) is 26.1 Å². The molecule has 2 aromatic rings. The van der Waals surface area contributed by atoms with Crippen LogP contribution >= 0.6 is 0 Å². The quantitative estimate of drug-likeness (QED) is 0.825. The Morgan fingerprint density at radius 2 is 2.04 bits per heavy atom. The molecule has 0 spiro atoms. The van der Waals surface area contributed by atoms with Crippen LogP contribution in [0.5, 0.6) is 11.5 Å². The SMILES string of the molecule is COc1ccc(NC(=O)Cn2cc(F)c(=O)[nH]c2=O)c(OC)c1. The third kappa shape index (κ3) is 3.76. The molecule has 1 amide bonds. The summed E-state index contributed by atoms with van der Waals surface area (Å²) in [5.41, 5.74) is -1.66. The van der Waals surface area contributed by atoms with Gasteiger partial charge in [0, 0.05) is 6.07 Å². The molecule has 1 aromatic carbocycles. The highest BCUT2D eigenvalue weighted by Gasteiger charge is 2.11. The van der Waals surface area contributed by atoms with E-state index in [-0.39, 0.29) is 0 Å². The highest BCUT2D eigenvalue weighted by molar-refractivity contribution is 5.92. The summed E-state index contributed by atoms with van der Waals surface area (Å²) >= 11 is 0. The van der Waals surface area contributed by atoms with Gasteiger partial charge in [-0.25, -0.2) is 4.79 Å². The van der Waals surface area contributed by atoms with Gasteiger partial charge in [0.25, 0.3) is 5.56 Å². The summed E-state index contributed by atoms with van der Waals surface area (Å²) in [5, 5.41) is 2.53. The van der Waals surface area contributed by atoms with Gasteiger partial charge in [0.1, 0.15) is 18.0 Å². The summed E-state index contributed by atoms with van der Waals surface area (Å²) in [7, 11) is 2.91. The molecular formula is C14H14FN3O5. The Kier molecular flexibility index (Phi) is 4.79. The molecule has 1 aromatic heterocycles. The first-order valence-corrected chi connectivity index (χ1v) is 6.45. The number of aromatic nitrogens is 2. The van der Waals surface area contributed by atoms with Crippen LogP contribution in [0.3, 0.4) is 0 Å². The highest BCUT2D eigenvalue weighted by Crippen LogP contribution is 2.28. The van der Waals surface area contributed by atoms with Crippen LogP contribution in [0.25, 0.3) is 0 Å². The normalized spacial score (nSPS) is 10.2. The molecular weight excluding hydrogens is 309 g/mol. The molecule has 0 aliphatic carbocycles. The van der Waals surface area contributed by atoms with Crippen LogP contribution in [0.2, 0.25) is 0 Å². The molecule has 0 saturated heterocycles. The number of carbonyl (C=O) groups excluding carboxylic acids is 1. The third-order valence-electron chi connectivity index (χ3n) is 2.96. The number of methoxy groups -OCH3 is 2. The van der Waals surface area contributed by atoms with Crippen molar-refractivity contribution < 1.29 is 18.7 Å². The maximum absolute atomic E-state index is 13.2. The van der Waals surface area contributed by atoms with Crippen molar-refractivity contribution in [2.24, 2.45) is 0 Å². The second kappa shape index (κ2) is 6.77. The number of rotatable bonds is 5. The predicted octanol–water partition coefficient (Wildman–Crippen LogP) is 0.332. The Bertz CT molecular complexity index is 843. The van der Waals surface area contributed by atoms with Gasteiger partial charge in [0.15, 0.2) is 0 Å². The molecule has 1 heterocycles. The Morgan fingerprint density at radius 1 is 1.30 bits per heavy atom. The van der Waals surface area contributed by atoms with E-state index in [2.05, 4.69) is 5.32 Å². The lowest BCUT2D eigenvalue weighted by molar-refractivity contribution is -0.116. The monoisotopic (exact) mass is 323 g/mol. The minimum atomic E-state index is -1.15. The number of H-pyrrole nitrogens is 1. The number of carbonyl (C=O) groups is 1. The highest BCUT2D eigenvalue weighted by atomic mass is 19.1. The zero-order valence-corrected chi connectivity index (χ0v) is 12.4. The minimum Gasteiger partial charge on any atom is -0.497 e. The van der Waals surface area contributed by atoms with Crippen molar-refractivity contribution in [3.05, 3.63) is 51.1 Å². The third-order valence-corrected chi connectivity index (χ3v) is 2.96. The van der Waals surface area contributed by atoms with Crippen molar-refractivity contribution >= 4 is 11.6 Å². The molecule has 9 heteroatoms. The van der Waals surface area contributed by atoms with Crippen molar-refractivity contribution in [1.29, 1.82) is 0 Å². The second-order valence-electron chi connectivity index (χ2n) is 4.48. The molecule has 0 bridgehead atoms. The number of hydrogen-bond donors (Lipinski definition) is 2. The lowest BCUT2D eigenvalue weighted by Gasteiger charge is -2.12. The van der Waals surface area contributed by atoms with Gasteiger partial charge >= 0.3 is 5.69 Å². The molecule has 122 valence electrons. The van der Waals surface area contributed by atoms with E-state index >= 15 is 0 Å². The van der Waals surface area contributed by atoms with Crippen LogP contribution < -0.4 is 26.0 Å². The fourth-order valence-corrected chi connectivity index (χ4v) is 1.85. The van der Waals surface area contributed by atoms with Gasteiger partial charge in [-0.05, 0) is 12.1 Å². The van der Waals surface area contributed by atoms with Gasteiger partial charge in [-0.1, -0.05) is 0 Å². The second-order valence-corrected chi connectivity index (χ2v) is 4.48. The standard InChI is InChI=1S/C14H14FN3O5/c1-22-8-3-4-10(11(5-8)23-2)16-12(19)7-18-6-9(15)13(20)17-14(18)21/h3-6H,7H2,1-2H3,(H,16,19)(H,17,20,21). The Labute approximate surface area is 129 Å². The predicted molar refractivity (Wildman–Crippen MR) is 79.5 cm³/mol. The molecule has 2 rings (SSSR count). The van der Waals surface area contributed by atoms with Crippen LogP contribution in [0.1, 0.15) is 0 Å². The number of anilines is 1. The Balaban J connectivity index is 2.19. The largest absolute Gasteiger partial charge is 0.497 e. The lowest BCUT2D eigenvalue weighted by atomic mass is 10.2. The maximum Gasteiger partial charge on any atom is 0.328 e. The maximum atomic E-state index is 13.2. The first-order chi connectivity index (χ1) is 10.9. The number of amides is 1. The zero-order chi connectivity index (χ0) is 17.0. The van der Waals surface area contributed by atoms with Gasteiger partial charge in [-0.15, -0.1) is 0 Å². The van der Waals surface area contributed by atoms with Crippen LogP contribution in [0.4, 0.5) is 10.1 Å². The van der Waals surface area contributed by atoms with Crippen molar-refractivity contribution in [2.75, 3.05) is 19.5 Å². The van der Waals surface area contributed by atoms with Crippen molar-refractivity contribution in [2.45, 2.75) is 6.54 Å². The molecule has 23 heavy (non-hydrogen) atoms. The summed E-state index contributed by atoms with van der Waals surface area (Å²) in [5.74, 6) is -0.849. The molecule has 0 aliphatic rings. The molecule has 0 saturated carbocycles. The first kappa shape index (κ1) is 16.3. The number of nitrogens with one attached hydrogen (secondary N) is 2. The van der Waals surface area contributed by atoms with Crippen LogP contribution in [-0.2, 0) is 11.3 Å². The molecule has 0 atom stereocenters. The van der Waals surface area contributed by atoms with E-state index in [0.29, 0.717) is 23.4 Å². The van der Waals surface area contributed by atoms with E-state index in [9.17, 15) is 18.8 Å². The van der Waals surface area contributed by atoms with Gasteiger partial charge in [-0.3, -0.25) is 19.1 Å². The summed E-state index contributed by atoms with van der Waals surface area (Å²) in [6.45, 7) is -0.471. The molecule has 0 fully saturated rings. The number of benzene rings is 1. The Morgan fingerprint density at radius 3 is 2.70 bits per heavy atom. The van der Waals surface area contributed by atoms with Crippen molar-refractivity contribution in [1.82, 2.24) is 9.55 Å². The first-order valence-electron chi connectivity index (χ1n) is 6.45. The van der Waals surface area contributed by atoms with E-state index in [0.717, 1.165) is 4.57 Å². The number of halogens is 1. The Hall–Kier alpha value is -3.10. The van der Waals surface area contributed by atoms with Gasteiger partial charge in [-0.2, -0.15) is 4.39 Å². The molecule has 2 N–H and O–H groups in total. The topological polar surface area (TPSA) is 102 Å². The zero-order valence-electron chi connectivity index (χ0n) is 12.4. The molecule has 0 radical (unpaired) electrons. The average Bonchev–Trinajstić information content (AvgIpc) is 2.53. The lowest BCUT2D eigenvalue weighted by Crippen LogP contribution is -2.34. The number of aromatic amines is 1. The molecule has 0 unspecified atom stereocenters. The number of hydrogen-bond acceptors (Lipinski definition) is 5. The van der Waals surface area contributed by atoms with Crippen LogP contribution in [0.15, 0.2) is 34.0 Å². The van der Waals surface area contributed by atoms with E-state index < -0.39 is 29.5 Å². The number of nitrogens with zero attached hydrogens (tertiary/aromatic N) is 1. The van der Waals surface area contributed by atoms with E-state index in [1.165, 1.54) is 14.2 Å². The molecule has 0 aliphatic heterocycles. The van der Waals surface area contributed by atoms with E-state index in [4.69, 9.17) is 9.47 Å². The molecule has 8 nitrogen and oxygen atoms in total. The number of ether oxygens (including phenoxy) is 2.